The van der Waals surface area contributed by atoms with Crippen molar-refractivity contribution in [2.24, 2.45) is 15.0 Å². The summed E-state index contributed by atoms with van der Waals surface area (Å²) in [5, 5.41) is 0.0113. The summed E-state index contributed by atoms with van der Waals surface area (Å²) in [5.74, 6) is 0.860. The molecule has 0 bridgehead atoms. The van der Waals surface area contributed by atoms with Crippen LogP contribution in [0.5, 0.6) is 0 Å². The molecule has 0 fully saturated rings. The van der Waals surface area contributed by atoms with E-state index < -0.39 is 0 Å². The highest BCUT2D eigenvalue weighted by Gasteiger charge is 2.33. The highest BCUT2D eigenvalue weighted by Crippen LogP contribution is 2.40. The summed E-state index contributed by atoms with van der Waals surface area (Å²) in [7, 11) is 0. The molecule has 2 unspecified atom stereocenters. The third kappa shape index (κ3) is 2.59. The van der Waals surface area contributed by atoms with Crippen LogP contribution in [0.25, 0.3) is 0 Å². The summed E-state index contributed by atoms with van der Waals surface area (Å²) in [5.41, 5.74) is 4.19. The van der Waals surface area contributed by atoms with Gasteiger partial charge in [0.15, 0.2) is 0 Å². The second kappa shape index (κ2) is 5.97. The smallest absolute Gasteiger partial charge is 0.144 e. The number of para-hydroxylation sites is 1. The van der Waals surface area contributed by atoms with Gasteiger partial charge < -0.3 is 0 Å². The Morgan fingerprint density at radius 2 is 1.68 bits per heavy atom. The number of benzene rings is 2. The third-order valence-corrected chi connectivity index (χ3v) is 5.66. The molecule has 2 aliphatic heterocycles. The molecule has 0 N–H and O–H groups in total. The first kappa shape index (κ1) is 14.6. The molecule has 3 aliphatic rings. The van der Waals surface area contributed by atoms with E-state index in [2.05, 4.69) is 36.4 Å². The average molecular weight is 341 g/mol. The van der Waals surface area contributed by atoms with E-state index in [4.69, 9.17) is 15.0 Å². The maximum absolute atomic E-state index is 4.97. The van der Waals surface area contributed by atoms with Crippen LogP contribution in [0.3, 0.4) is 0 Å². The quantitative estimate of drug-likeness (QED) is 0.785. The monoisotopic (exact) mass is 341 g/mol. The van der Waals surface area contributed by atoms with E-state index in [1.807, 2.05) is 42.5 Å². The maximum atomic E-state index is 4.97. The van der Waals surface area contributed by atoms with Gasteiger partial charge in [-0.25, -0.2) is 9.98 Å². The minimum Gasteiger partial charge on any atom is -0.255 e. The fraction of sp³-hybridized carbons (Fsp3) is 0.0952. The molecule has 4 heteroatoms. The van der Waals surface area contributed by atoms with Gasteiger partial charge in [0, 0.05) is 4.90 Å². The van der Waals surface area contributed by atoms with E-state index in [1.54, 1.807) is 11.8 Å². The van der Waals surface area contributed by atoms with Crippen LogP contribution in [-0.2, 0) is 0 Å². The lowest BCUT2D eigenvalue weighted by molar-refractivity contribution is 1.10. The molecule has 1 aliphatic carbocycles. The van der Waals surface area contributed by atoms with E-state index in [1.165, 1.54) is 4.90 Å². The van der Waals surface area contributed by atoms with Gasteiger partial charge in [0.25, 0.3) is 0 Å². The molecule has 0 spiro atoms. The fourth-order valence-electron chi connectivity index (χ4n) is 3.18. The van der Waals surface area contributed by atoms with Gasteiger partial charge in [-0.3, -0.25) is 4.99 Å². The number of hydrogen-bond donors (Lipinski definition) is 0. The van der Waals surface area contributed by atoms with Crippen molar-refractivity contribution in [2.75, 3.05) is 0 Å². The van der Waals surface area contributed by atoms with Crippen LogP contribution in [-0.4, -0.2) is 28.6 Å². The van der Waals surface area contributed by atoms with Gasteiger partial charge in [0.1, 0.15) is 17.1 Å². The molecule has 0 aromatic heterocycles. The summed E-state index contributed by atoms with van der Waals surface area (Å²) in [6.07, 6.45) is 8.18. The zero-order valence-electron chi connectivity index (χ0n) is 13.4. The van der Waals surface area contributed by atoms with E-state index in [0.29, 0.717) is 0 Å². The lowest BCUT2D eigenvalue weighted by Gasteiger charge is -2.23. The van der Waals surface area contributed by atoms with Crippen molar-refractivity contribution in [3.8, 4) is 0 Å². The highest BCUT2D eigenvalue weighted by atomic mass is 32.2. The Kier molecular flexibility index (Phi) is 3.49. The van der Waals surface area contributed by atoms with E-state index in [9.17, 15) is 0 Å². The molecule has 5 rings (SSSR count). The molecule has 2 aromatic rings. The number of fused-ring (bicyclic) bond motifs is 2. The summed E-state index contributed by atoms with van der Waals surface area (Å²) < 4.78 is 0. The van der Waals surface area contributed by atoms with Crippen LogP contribution in [0.4, 0.5) is 5.69 Å². The second-order valence-corrected chi connectivity index (χ2v) is 7.19. The number of thioether (sulfide) groups is 1. The molecular formula is C21H15N3S. The fourth-order valence-corrected chi connectivity index (χ4v) is 4.35. The minimum absolute atomic E-state index is 0.0113. The van der Waals surface area contributed by atoms with Crippen molar-refractivity contribution in [3.05, 3.63) is 84.5 Å². The highest BCUT2D eigenvalue weighted by molar-refractivity contribution is 8.01. The van der Waals surface area contributed by atoms with E-state index in [0.717, 1.165) is 28.5 Å². The normalized spacial score (nSPS) is 23.4. The van der Waals surface area contributed by atoms with Crippen molar-refractivity contribution in [1.29, 1.82) is 0 Å². The Morgan fingerprint density at radius 3 is 2.56 bits per heavy atom. The van der Waals surface area contributed by atoms with Crippen LogP contribution in [0.1, 0.15) is 5.56 Å². The number of aliphatic imine (C=N–C) groups is 3. The van der Waals surface area contributed by atoms with Gasteiger partial charge in [0.2, 0.25) is 0 Å². The van der Waals surface area contributed by atoms with Gasteiger partial charge in [-0.05, 0) is 23.8 Å². The van der Waals surface area contributed by atoms with Crippen molar-refractivity contribution < 1.29 is 0 Å². The van der Waals surface area contributed by atoms with Gasteiger partial charge in [-0.15, -0.1) is 11.8 Å². The third-order valence-electron chi connectivity index (χ3n) is 4.39. The largest absolute Gasteiger partial charge is 0.255 e. The second-order valence-electron chi connectivity index (χ2n) is 6.04. The topological polar surface area (TPSA) is 37.1 Å². The summed E-state index contributed by atoms with van der Waals surface area (Å²) >= 11 is 1.79. The Balaban J connectivity index is 1.62. The van der Waals surface area contributed by atoms with Crippen LogP contribution in [0.15, 0.2) is 98.8 Å². The number of hydrogen-bond acceptors (Lipinski definition) is 4. The van der Waals surface area contributed by atoms with Gasteiger partial charge in [-0.2, -0.15) is 0 Å². The molecule has 25 heavy (non-hydrogen) atoms. The number of rotatable bonds is 2. The van der Waals surface area contributed by atoms with Gasteiger partial charge in [0.05, 0.1) is 17.1 Å². The first-order chi connectivity index (χ1) is 12.4. The van der Waals surface area contributed by atoms with Crippen LogP contribution in [0.2, 0.25) is 0 Å². The molecule has 0 saturated heterocycles. The minimum atomic E-state index is 0.0113. The van der Waals surface area contributed by atoms with Crippen molar-refractivity contribution >= 4 is 34.7 Å². The number of nitrogens with zero attached hydrogens (tertiary/aromatic N) is 3. The molecule has 120 valence electrons. The zero-order chi connectivity index (χ0) is 16.6. The van der Waals surface area contributed by atoms with E-state index in [-0.39, 0.29) is 11.3 Å². The van der Waals surface area contributed by atoms with Crippen LogP contribution in [0, 0.1) is 0 Å². The van der Waals surface area contributed by atoms with Crippen molar-refractivity contribution in [3.63, 3.8) is 0 Å². The molecular weight excluding hydrogens is 326 g/mol. The molecule has 2 atom stereocenters. The first-order valence-electron chi connectivity index (χ1n) is 8.29. The number of amidine groups is 1. The van der Waals surface area contributed by atoms with Crippen LogP contribution >= 0.6 is 11.8 Å². The Labute approximate surface area is 150 Å². The van der Waals surface area contributed by atoms with Crippen molar-refractivity contribution in [2.45, 2.75) is 16.2 Å². The Bertz CT molecular complexity index is 983. The number of allylic oxidation sites excluding steroid dienone is 2. The predicted molar refractivity (Wildman–Crippen MR) is 106 cm³/mol. The first-order valence-corrected chi connectivity index (χ1v) is 9.17. The van der Waals surface area contributed by atoms with Crippen molar-refractivity contribution in [1.82, 2.24) is 0 Å². The van der Waals surface area contributed by atoms with Crippen LogP contribution < -0.4 is 0 Å². The summed E-state index contributed by atoms with van der Waals surface area (Å²) in [6, 6.07) is 18.7. The lowest BCUT2D eigenvalue weighted by Crippen LogP contribution is -2.28. The Hall–Kier alpha value is -2.72. The molecule has 2 heterocycles. The Morgan fingerprint density at radius 1 is 0.840 bits per heavy atom. The zero-order valence-corrected chi connectivity index (χ0v) is 14.2. The maximum Gasteiger partial charge on any atom is 0.144 e. The summed E-state index contributed by atoms with van der Waals surface area (Å²) in [4.78, 5) is 15.8. The summed E-state index contributed by atoms with van der Waals surface area (Å²) in [6.45, 7) is 0. The van der Waals surface area contributed by atoms with Gasteiger partial charge in [-0.1, -0.05) is 60.7 Å². The lowest BCUT2D eigenvalue weighted by atomic mass is 10.1. The predicted octanol–water partition coefficient (Wildman–Crippen LogP) is 4.63. The molecule has 3 nitrogen and oxygen atoms in total. The standard InChI is InChI=1S/C21H15N3S/c1-2-8-14(9-3-1)19-20(25-18-13-7-6-12-17(18)22-19)21-23-15-10-4-5-11-16(15)24-21/h1-13,15,20H. The van der Waals surface area contributed by atoms with Gasteiger partial charge >= 0.3 is 0 Å². The molecule has 0 radical (unpaired) electrons. The molecule has 0 saturated carbocycles. The SMILES string of the molecule is C1=CC2=NC(C3Sc4ccccc4N=C3c3ccccc3)=NC2C=C1. The molecule has 2 aromatic carbocycles. The molecule has 0 amide bonds. The average Bonchev–Trinajstić information content (AvgIpc) is 3.12. The van der Waals surface area contributed by atoms with E-state index >= 15 is 0 Å².